The van der Waals surface area contributed by atoms with Gasteiger partial charge in [-0.25, -0.2) is 9.97 Å². The monoisotopic (exact) mass is 486 g/mol. The molecule has 0 saturated carbocycles. The zero-order chi connectivity index (χ0) is 25.2. The van der Waals surface area contributed by atoms with Crippen molar-refractivity contribution < 1.29 is 24.3 Å². The van der Waals surface area contributed by atoms with Gasteiger partial charge in [-0.1, -0.05) is 30.3 Å². The summed E-state index contributed by atoms with van der Waals surface area (Å²) in [5, 5.41) is 14.3. The molecule has 2 bridgehead atoms. The molecule has 0 aliphatic carbocycles. The minimum atomic E-state index is -1.35. The fourth-order valence-corrected chi connectivity index (χ4v) is 5.83. The van der Waals surface area contributed by atoms with Crippen LogP contribution in [0, 0.1) is 12.8 Å². The Kier molecular flexibility index (Phi) is 6.69. The molecule has 3 aliphatic rings. The third-order valence-electron chi connectivity index (χ3n) is 7.57. The number of aryl methyl sites for hydroxylation is 1. The highest BCUT2D eigenvalue weighted by atomic mass is 16.5. The SMILES string of the molecule is COc1ccccc1-c1cc([C@H]2C[NH+]3CC[C@H]2C[C@@H]3CNC(=O)c2ccccc2C(=O)[O-])nc(C)n1. The molecule has 2 aromatic carbocycles. The van der Waals surface area contributed by atoms with Gasteiger partial charge >= 0.3 is 0 Å². The van der Waals surface area contributed by atoms with Gasteiger partial charge in [-0.15, -0.1) is 0 Å². The number of benzene rings is 2. The molecule has 3 fully saturated rings. The van der Waals surface area contributed by atoms with Crippen LogP contribution >= 0.6 is 0 Å². The number of carbonyl (C=O) groups excluding carboxylic acids is 2. The van der Waals surface area contributed by atoms with Crippen LogP contribution in [0.3, 0.4) is 0 Å². The predicted octanol–water partition coefficient (Wildman–Crippen LogP) is 1.01. The van der Waals surface area contributed by atoms with Crippen molar-refractivity contribution in [1.82, 2.24) is 15.3 Å². The zero-order valence-electron chi connectivity index (χ0n) is 20.5. The Bertz CT molecular complexity index is 1290. The summed E-state index contributed by atoms with van der Waals surface area (Å²) in [7, 11) is 1.67. The van der Waals surface area contributed by atoms with Crippen LogP contribution in [-0.2, 0) is 0 Å². The lowest BCUT2D eigenvalue weighted by Gasteiger charge is -2.46. The highest BCUT2D eigenvalue weighted by Crippen LogP contribution is 2.36. The summed E-state index contributed by atoms with van der Waals surface area (Å²) in [4.78, 5) is 35.1. The zero-order valence-corrected chi connectivity index (χ0v) is 20.5. The average Bonchev–Trinajstić information content (AvgIpc) is 2.91. The first-order valence-corrected chi connectivity index (χ1v) is 12.4. The van der Waals surface area contributed by atoms with Crippen molar-refractivity contribution in [3.05, 3.63) is 77.2 Å². The maximum atomic E-state index is 12.7. The van der Waals surface area contributed by atoms with Gasteiger partial charge in [0, 0.05) is 29.5 Å². The van der Waals surface area contributed by atoms with Gasteiger partial charge in [-0.05, 0) is 37.1 Å². The largest absolute Gasteiger partial charge is 0.545 e. The Labute approximate surface area is 210 Å². The van der Waals surface area contributed by atoms with Gasteiger partial charge in [-0.2, -0.15) is 0 Å². The van der Waals surface area contributed by atoms with Gasteiger partial charge in [-0.3, -0.25) is 4.79 Å². The topological polar surface area (TPSA) is 109 Å². The molecular formula is C28H30N4O4. The molecule has 2 N–H and O–H groups in total. The molecule has 8 nitrogen and oxygen atoms in total. The summed E-state index contributed by atoms with van der Waals surface area (Å²) in [6, 6.07) is 16.4. The maximum absolute atomic E-state index is 12.7. The molecule has 1 unspecified atom stereocenters. The van der Waals surface area contributed by atoms with E-state index in [0.29, 0.717) is 18.4 Å². The molecule has 3 saturated heterocycles. The number of ether oxygens (including phenoxy) is 1. The van der Waals surface area contributed by atoms with Gasteiger partial charge < -0.3 is 24.9 Å². The normalized spacial score (nSPS) is 22.7. The smallest absolute Gasteiger partial charge is 0.252 e. The quantitative estimate of drug-likeness (QED) is 0.516. The number of piperidine rings is 3. The van der Waals surface area contributed by atoms with Crippen molar-refractivity contribution in [2.75, 3.05) is 26.7 Å². The minimum Gasteiger partial charge on any atom is -0.545 e. The van der Waals surface area contributed by atoms with E-state index in [4.69, 9.17) is 14.7 Å². The second-order valence-corrected chi connectivity index (χ2v) is 9.67. The lowest BCUT2D eigenvalue weighted by Crippen LogP contribution is -3.20. The molecule has 8 heteroatoms. The highest BCUT2D eigenvalue weighted by molar-refractivity contribution is 6.04. The van der Waals surface area contributed by atoms with Crippen molar-refractivity contribution in [3.8, 4) is 17.0 Å². The molecule has 36 heavy (non-hydrogen) atoms. The summed E-state index contributed by atoms with van der Waals surface area (Å²) < 4.78 is 5.55. The van der Waals surface area contributed by atoms with Crippen LogP contribution in [0.1, 0.15) is 51.0 Å². The Balaban J connectivity index is 1.30. The summed E-state index contributed by atoms with van der Waals surface area (Å²) in [5.74, 6) is 0.616. The third kappa shape index (κ3) is 4.68. The number of fused-ring (bicyclic) bond motifs is 3. The summed E-state index contributed by atoms with van der Waals surface area (Å²) in [6.07, 6.45) is 2.10. The summed E-state index contributed by atoms with van der Waals surface area (Å²) in [5.41, 5.74) is 2.95. The number of amides is 1. The summed E-state index contributed by atoms with van der Waals surface area (Å²) >= 11 is 0. The van der Waals surface area contributed by atoms with E-state index in [0.717, 1.165) is 54.5 Å². The Hall–Kier alpha value is -3.78. The van der Waals surface area contributed by atoms with Crippen molar-refractivity contribution in [1.29, 1.82) is 0 Å². The van der Waals surface area contributed by atoms with E-state index in [1.165, 1.54) is 17.0 Å². The lowest BCUT2D eigenvalue weighted by molar-refractivity contribution is -0.942. The molecule has 3 aromatic rings. The number of aromatic nitrogens is 2. The Morgan fingerprint density at radius 3 is 2.58 bits per heavy atom. The second-order valence-electron chi connectivity index (χ2n) is 9.67. The number of hydrogen-bond acceptors (Lipinski definition) is 6. The first kappa shape index (κ1) is 23.9. The molecule has 0 radical (unpaired) electrons. The molecule has 3 aliphatic heterocycles. The average molecular weight is 487 g/mol. The fourth-order valence-electron chi connectivity index (χ4n) is 5.83. The second kappa shape index (κ2) is 10.1. The Morgan fingerprint density at radius 2 is 1.86 bits per heavy atom. The van der Waals surface area contributed by atoms with E-state index in [-0.39, 0.29) is 23.1 Å². The van der Waals surface area contributed by atoms with Gasteiger partial charge in [0.05, 0.1) is 50.0 Å². The molecule has 1 aromatic heterocycles. The molecule has 0 spiro atoms. The molecular weight excluding hydrogens is 456 g/mol. The van der Waals surface area contributed by atoms with Crippen molar-refractivity contribution in [2.45, 2.75) is 31.7 Å². The van der Waals surface area contributed by atoms with E-state index >= 15 is 0 Å². The van der Waals surface area contributed by atoms with Crippen LogP contribution in [0.2, 0.25) is 0 Å². The van der Waals surface area contributed by atoms with Crippen LogP contribution in [-0.4, -0.2) is 54.6 Å². The first-order valence-electron chi connectivity index (χ1n) is 12.4. The number of para-hydroxylation sites is 1. The number of quaternary nitrogens is 1. The number of hydrogen-bond donors (Lipinski definition) is 2. The number of carboxylic acid groups (broad SMARTS) is 1. The number of nitrogens with zero attached hydrogens (tertiary/aromatic N) is 2. The summed E-state index contributed by atoms with van der Waals surface area (Å²) in [6.45, 7) is 4.44. The van der Waals surface area contributed by atoms with Crippen molar-refractivity contribution >= 4 is 11.9 Å². The van der Waals surface area contributed by atoms with Gasteiger partial charge in [0.15, 0.2) is 0 Å². The first-order chi connectivity index (χ1) is 17.4. The lowest BCUT2D eigenvalue weighted by atomic mass is 9.74. The minimum absolute atomic E-state index is 0.0853. The molecule has 186 valence electrons. The van der Waals surface area contributed by atoms with Crippen LogP contribution in [0.15, 0.2) is 54.6 Å². The number of aromatic carboxylic acids is 1. The number of carbonyl (C=O) groups is 2. The fraction of sp³-hybridized carbons (Fsp3) is 0.357. The van der Waals surface area contributed by atoms with E-state index in [2.05, 4.69) is 11.4 Å². The van der Waals surface area contributed by atoms with E-state index in [9.17, 15) is 14.7 Å². The standard InChI is InChI=1S/C28H30N4O4/c1-17-30-24(22-9-5-6-10-26(22)36-2)14-25(31-17)23-16-32-12-11-18(23)13-19(32)15-29-27(33)20-7-3-4-8-21(20)28(34)35/h3-10,14,18-19,23H,11-13,15-16H2,1-2H3,(H,29,33)(H,34,35)/t18-,19+,23-/m0/s1. The number of methoxy groups -OCH3 is 1. The number of rotatable bonds is 7. The highest BCUT2D eigenvalue weighted by Gasteiger charge is 2.44. The molecule has 1 amide bonds. The van der Waals surface area contributed by atoms with Crippen LogP contribution < -0.4 is 20.1 Å². The van der Waals surface area contributed by atoms with Crippen LogP contribution in [0.4, 0.5) is 0 Å². The molecule has 4 atom stereocenters. The van der Waals surface area contributed by atoms with E-state index in [1.54, 1.807) is 19.2 Å². The number of nitrogens with one attached hydrogen (secondary N) is 2. The van der Waals surface area contributed by atoms with Crippen molar-refractivity contribution in [2.24, 2.45) is 5.92 Å². The van der Waals surface area contributed by atoms with Crippen LogP contribution in [0.5, 0.6) is 5.75 Å². The number of carboxylic acids is 1. The molecule has 4 heterocycles. The van der Waals surface area contributed by atoms with Crippen LogP contribution in [0.25, 0.3) is 11.3 Å². The van der Waals surface area contributed by atoms with Gasteiger partial charge in [0.25, 0.3) is 5.91 Å². The van der Waals surface area contributed by atoms with Crippen molar-refractivity contribution in [3.63, 3.8) is 0 Å². The third-order valence-corrected chi connectivity index (χ3v) is 7.57. The Morgan fingerprint density at radius 1 is 1.11 bits per heavy atom. The maximum Gasteiger partial charge on any atom is 0.252 e. The predicted molar refractivity (Wildman–Crippen MR) is 132 cm³/mol. The molecule has 6 rings (SSSR count). The van der Waals surface area contributed by atoms with Gasteiger partial charge in [0.1, 0.15) is 17.6 Å². The van der Waals surface area contributed by atoms with E-state index in [1.807, 2.05) is 31.2 Å². The van der Waals surface area contributed by atoms with Gasteiger partial charge in [0.2, 0.25) is 0 Å². The van der Waals surface area contributed by atoms with E-state index < -0.39 is 5.97 Å².